The molecule has 0 N–H and O–H groups in total. The number of carbonyl (C=O) groups excluding carboxylic acids is 2. The summed E-state index contributed by atoms with van der Waals surface area (Å²) in [6.45, 7) is 4.30. The number of hydrogen-bond acceptors (Lipinski definition) is 6. The number of ketones is 1. The Kier molecular flexibility index (Phi) is 5.23. The number of aryl methyl sites for hydroxylation is 1. The van der Waals surface area contributed by atoms with E-state index in [4.69, 9.17) is 14.0 Å². The van der Waals surface area contributed by atoms with Gasteiger partial charge in [-0.3, -0.25) is 14.5 Å². The van der Waals surface area contributed by atoms with Crippen molar-refractivity contribution in [1.82, 2.24) is 5.16 Å². The van der Waals surface area contributed by atoms with Gasteiger partial charge in [0.05, 0.1) is 24.1 Å². The van der Waals surface area contributed by atoms with Crippen LogP contribution in [-0.2, 0) is 14.3 Å². The number of nitrogens with zero attached hydrogens (tertiary/aromatic N) is 2. The number of Topliss-reactive ketones (excluding diaryl/α,β-unsaturated/α-hetero) is 1. The molecule has 168 valence electrons. The van der Waals surface area contributed by atoms with Gasteiger partial charge in [-0.15, -0.1) is 0 Å². The highest BCUT2D eigenvalue weighted by Crippen LogP contribution is 2.48. The molecule has 1 aromatic heterocycles. The van der Waals surface area contributed by atoms with Gasteiger partial charge in [0.25, 0.3) is 5.91 Å². The number of carbonyl (C=O) groups is 2. The number of hydrogen-bond donors (Lipinski definition) is 0. The minimum atomic E-state index is -1.04. The fourth-order valence-corrected chi connectivity index (χ4v) is 4.83. The minimum absolute atomic E-state index is 0.0408. The number of halogens is 1. The summed E-state index contributed by atoms with van der Waals surface area (Å²) < 4.78 is 31.2. The van der Waals surface area contributed by atoms with Crippen LogP contribution < -0.4 is 9.64 Å². The number of fused-ring (bicyclic) bond motifs is 1. The third kappa shape index (κ3) is 3.38. The van der Waals surface area contributed by atoms with Gasteiger partial charge in [0.1, 0.15) is 23.8 Å². The van der Waals surface area contributed by atoms with E-state index in [-0.39, 0.29) is 23.5 Å². The Morgan fingerprint density at radius 3 is 2.84 bits per heavy atom. The Morgan fingerprint density at radius 2 is 2.09 bits per heavy atom. The zero-order chi connectivity index (χ0) is 22.4. The molecular formula is C24H25FN2O5. The Bertz CT molecular complexity index is 1090. The van der Waals surface area contributed by atoms with Crippen molar-refractivity contribution in [2.75, 3.05) is 11.5 Å². The molecule has 3 heterocycles. The van der Waals surface area contributed by atoms with Crippen LogP contribution in [0.1, 0.15) is 50.0 Å². The van der Waals surface area contributed by atoms with E-state index in [0.29, 0.717) is 42.3 Å². The third-order valence-electron chi connectivity index (χ3n) is 6.29. The van der Waals surface area contributed by atoms with Crippen molar-refractivity contribution < 1.29 is 28.0 Å². The fourth-order valence-electron chi connectivity index (χ4n) is 4.83. The van der Waals surface area contributed by atoms with Crippen molar-refractivity contribution in [3.63, 3.8) is 0 Å². The molecule has 7 nitrogen and oxygen atoms in total. The van der Waals surface area contributed by atoms with Crippen molar-refractivity contribution in [2.24, 2.45) is 5.92 Å². The maximum atomic E-state index is 14.1. The van der Waals surface area contributed by atoms with Crippen LogP contribution in [0.15, 0.2) is 46.2 Å². The monoisotopic (exact) mass is 440 g/mol. The van der Waals surface area contributed by atoms with E-state index < -0.39 is 30.1 Å². The van der Waals surface area contributed by atoms with Crippen molar-refractivity contribution in [1.29, 1.82) is 0 Å². The lowest BCUT2D eigenvalue weighted by Gasteiger charge is -2.36. The Morgan fingerprint density at radius 1 is 1.25 bits per heavy atom. The third-order valence-corrected chi connectivity index (χ3v) is 6.29. The summed E-state index contributed by atoms with van der Waals surface area (Å²) in [4.78, 5) is 28.5. The number of alkyl halides is 1. The van der Waals surface area contributed by atoms with Crippen LogP contribution in [0.2, 0.25) is 0 Å². The van der Waals surface area contributed by atoms with Crippen LogP contribution in [-0.4, -0.2) is 35.7 Å². The Balaban J connectivity index is 1.61. The van der Waals surface area contributed by atoms with Crippen LogP contribution in [0.3, 0.4) is 0 Å². The summed E-state index contributed by atoms with van der Waals surface area (Å²) in [6.07, 6.45) is 0.195. The first-order chi connectivity index (χ1) is 15.5. The van der Waals surface area contributed by atoms with E-state index in [1.807, 2.05) is 31.2 Å². The fraction of sp³-hybridized carbons (Fsp3) is 0.458. The van der Waals surface area contributed by atoms with Crippen molar-refractivity contribution in [3.05, 3.63) is 53.0 Å². The normalized spacial score (nSPS) is 27.3. The smallest absolute Gasteiger partial charge is 0.295 e. The lowest BCUT2D eigenvalue weighted by Crippen LogP contribution is -2.42. The molecule has 3 aliphatic rings. The SMILES string of the molecule is CCCOc1cccc(C2C3=C(OC4CCC(F)CC4C3=O)C(=O)N2c2cc(C)on2)c1. The second-order valence-electron chi connectivity index (χ2n) is 8.57. The first-order valence-electron chi connectivity index (χ1n) is 11.1. The van der Waals surface area contributed by atoms with Crippen molar-refractivity contribution in [2.45, 2.75) is 57.8 Å². The zero-order valence-electron chi connectivity index (χ0n) is 18.0. The molecule has 2 aromatic rings. The van der Waals surface area contributed by atoms with E-state index in [1.54, 1.807) is 13.0 Å². The standard InChI is InChI=1S/C24H25FN2O5/c1-3-9-30-16-6-4-5-14(11-16)21-20-22(28)17-12-15(25)7-8-18(17)31-23(20)24(29)27(21)19-10-13(2)32-26-19/h4-6,10-11,15,17-18,21H,3,7-9,12H2,1-2H3. The lowest BCUT2D eigenvalue weighted by molar-refractivity contribution is -0.133. The highest BCUT2D eigenvalue weighted by Gasteiger charge is 2.54. The van der Waals surface area contributed by atoms with Gasteiger partial charge in [-0.05, 0) is 50.3 Å². The van der Waals surface area contributed by atoms with Gasteiger partial charge in [0.2, 0.25) is 0 Å². The zero-order valence-corrected chi connectivity index (χ0v) is 18.0. The molecule has 5 rings (SSSR count). The van der Waals surface area contributed by atoms with Gasteiger partial charge in [-0.1, -0.05) is 24.2 Å². The molecule has 8 heteroatoms. The predicted octanol–water partition coefficient (Wildman–Crippen LogP) is 4.22. The first kappa shape index (κ1) is 20.7. The molecule has 4 atom stereocenters. The maximum absolute atomic E-state index is 14.1. The van der Waals surface area contributed by atoms with Gasteiger partial charge in [-0.25, -0.2) is 4.39 Å². The van der Waals surface area contributed by atoms with Crippen LogP contribution in [0, 0.1) is 12.8 Å². The highest BCUT2D eigenvalue weighted by atomic mass is 19.1. The second kappa shape index (κ2) is 8.07. The van der Waals surface area contributed by atoms with Gasteiger partial charge < -0.3 is 14.0 Å². The lowest BCUT2D eigenvalue weighted by atomic mass is 9.77. The molecule has 32 heavy (non-hydrogen) atoms. The number of rotatable bonds is 5. The van der Waals surface area contributed by atoms with Crippen molar-refractivity contribution in [3.8, 4) is 5.75 Å². The van der Waals surface area contributed by atoms with E-state index in [0.717, 1.165) is 6.42 Å². The van der Waals surface area contributed by atoms with E-state index in [2.05, 4.69) is 5.16 Å². The number of benzene rings is 1. The van der Waals surface area contributed by atoms with E-state index in [9.17, 15) is 14.0 Å². The molecule has 1 fully saturated rings. The van der Waals surface area contributed by atoms with Gasteiger partial charge in [-0.2, -0.15) is 0 Å². The van der Waals surface area contributed by atoms with Gasteiger partial charge in [0, 0.05) is 6.07 Å². The predicted molar refractivity (Wildman–Crippen MR) is 113 cm³/mol. The van der Waals surface area contributed by atoms with E-state index >= 15 is 0 Å². The molecule has 1 aliphatic carbocycles. The molecule has 4 unspecified atom stereocenters. The van der Waals surface area contributed by atoms with Crippen LogP contribution in [0.4, 0.5) is 10.2 Å². The topological polar surface area (TPSA) is 81.9 Å². The average Bonchev–Trinajstić information content (AvgIpc) is 3.34. The van der Waals surface area contributed by atoms with Gasteiger partial charge in [0.15, 0.2) is 17.4 Å². The number of anilines is 1. The molecule has 0 saturated heterocycles. The highest BCUT2D eigenvalue weighted by molar-refractivity contribution is 6.17. The molecular weight excluding hydrogens is 415 g/mol. The summed E-state index contributed by atoms with van der Waals surface area (Å²) in [6, 6.07) is 8.22. The van der Waals surface area contributed by atoms with E-state index in [1.165, 1.54) is 4.90 Å². The summed E-state index contributed by atoms with van der Waals surface area (Å²) in [5, 5.41) is 4.03. The summed E-state index contributed by atoms with van der Waals surface area (Å²) in [5.74, 6) is 0.273. The van der Waals surface area contributed by atoms with Crippen LogP contribution in [0.5, 0.6) is 5.75 Å². The maximum Gasteiger partial charge on any atom is 0.295 e. The quantitative estimate of drug-likeness (QED) is 0.693. The molecule has 0 bridgehead atoms. The number of amides is 1. The van der Waals surface area contributed by atoms with Crippen LogP contribution in [0.25, 0.3) is 0 Å². The average molecular weight is 440 g/mol. The second-order valence-corrected chi connectivity index (χ2v) is 8.57. The van der Waals surface area contributed by atoms with Gasteiger partial charge >= 0.3 is 0 Å². The molecule has 0 radical (unpaired) electrons. The molecule has 0 spiro atoms. The largest absolute Gasteiger partial charge is 0.494 e. The summed E-state index contributed by atoms with van der Waals surface area (Å²) in [5.41, 5.74) is 0.958. The molecule has 2 aliphatic heterocycles. The minimum Gasteiger partial charge on any atom is -0.494 e. The Hall–Kier alpha value is -3.16. The van der Waals surface area contributed by atoms with Crippen LogP contribution >= 0.6 is 0 Å². The number of ether oxygens (including phenoxy) is 2. The molecule has 1 saturated carbocycles. The summed E-state index contributed by atoms with van der Waals surface area (Å²) in [7, 11) is 0. The molecule has 1 aromatic carbocycles. The molecule has 1 amide bonds. The number of aromatic nitrogens is 1. The first-order valence-corrected chi connectivity index (χ1v) is 11.1. The summed E-state index contributed by atoms with van der Waals surface area (Å²) >= 11 is 0. The Labute approximate surface area is 185 Å². The van der Waals surface area contributed by atoms with Crippen molar-refractivity contribution >= 4 is 17.5 Å².